The van der Waals surface area contributed by atoms with Crippen molar-refractivity contribution >= 4 is 143 Å². The van der Waals surface area contributed by atoms with Crippen LogP contribution in [0.15, 0.2) is 212 Å². The monoisotopic (exact) mass is 1040 g/mol. The van der Waals surface area contributed by atoms with Gasteiger partial charge in [-0.3, -0.25) is 0 Å². The second-order valence-corrected chi connectivity index (χ2v) is 23.2. The number of hydrogen-bond acceptors (Lipinski definition) is 6. The lowest BCUT2D eigenvalue weighted by atomic mass is 9.96. The lowest BCUT2D eigenvalue weighted by Gasteiger charge is -2.29. The molecule has 15 aromatic rings. The van der Waals surface area contributed by atoms with Gasteiger partial charge in [0.05, 0.1) is 11.4 Å². The fraction of sp³-hybridized carbons (Fsp3) is 0.162. The van der Waals surface area contributed by atoms with Crippen molar-refractivity contribution in [2.45, 2.75) is 79.1 Å². The molecule has 0 spiro atoms. The van der Waals surface area contributed by atoms with Gasteiger partial charge >= 0.3 is 0 Å². The maximum absolute atomic E-state index is 6.97. The van der Waals surface area contributed by atoms with Crippen molar-refractivity contribution in [2.24, 2.45) is 0 Å². The van der Waals surface area contributed by atoms with Gasteiger partial charge in [0, 0.05) is 65.8 Å². The maximum Gasteiger partial charge on any atom is 0.178 e. The van der Waals surface area contributed by atoms with Crippen molar-refractivity contribution in [3.63, 3.8) is 0 Å². The van der Waals surface area contributed by atoms with Crippen molar-refractivity contribution in [2.75, 3.05) is 9.80 Å². The van der Waals surface area contributed by atoms with Crippen LogP contribution in [0.5, 0.6) is 0 Å². The Morgan fingerprint density at radius 2 is 0.625 bits per heavy atom. The van der Waals surface area contributed by atoms with Crippen LogP contribution in [0.3, 0.4) is 0 Å². The van der Waals surface area contributed by atoms with E-state index >= 15 is 0 Å². The molecule has 0 atom stereocenters. The first-order valence-electron chi connectivity index (χ1n) is 28.3. The quantitative estimate of drug-likeness (QED) is 0.136. The highest BCUT2D eigenvalue weighted by Gasteiger charge is 2.28. The van der Waals surface area contributed by atoms with Crippen molar-refractivity contribution in [3.8, 4) is 0 Å². The molecule has 0 aliphatic carbocycles. The lowest BCUT2D eigenvalue weighted by molar-refractivity contribution is 0.634. The van der Waals surface area contributed by atoms with Crippen molar-refractivity contribution in [1.82, 2.24) is 0 Å². The number of furan rings is 4. The second kappa shape index (κ2) is 18.2. The molecule has 0 aliphatic heterocycles. The lowest BCUT2D eigenvalue weighted by Crippen LogP contribution is -2.13. The van der Waals surface area contributed by atoms with E-state index in [0.29, 0.717) is 11.8 Å². The van der Waals surface area contributed by atoms with Crippen molar-refractivity contribution in [3.05, 3.63) is 216 Å². The highest BCUT2D eigenvalue weighted by atomic mass is 16.4. The summed E-state index contributed by atoms with van der Waals surface area (Å²) in [6, 6.07) is 70.7. The summed E-state index contributed by atoms with van der Waals surface area (Å²) in [6.07, 6.45) is 0. The van der Waals surface area contributed by atoms with Gasteiger partial charge < -0.3 is 27.5 Å². The molecule has 0 fully saturated rings. The summed E-state index contributed by atoms with van der Waals surface area (Å²) < 4.78 is 27.6. The van der Waals surface area contributed by atoms with Gasteiger partial charge in [-0.25, -0.2) is 0 Å². The van der Waals surface area contributed by atoms with Crippen molar-refractivity contribution < 1.29 is 17.7 Å². The fourth-order valence-corrected chi connectivity index (χ4v) is 12.6. The van der Waals surface area contributed by atoms with Gasteiger partial charge in [-0.05, 0) is 165 Å². The third kappa shape index (κ3) is 7.45. The Bertz CT molecular complexity index is 4650. The molecule has 0 aliphatic rings. The smallest absolute Gasteiger partial charge is 0.178 e. The molecular weight excluding hydrogens is 981 g/mol. The number of fused-ring (bicyclic) bond motifs is 15. The molecule has 0 radical (unpaired) electrons. The van der Waals surface area contributed by atoms with E-state index in [2.05, 4.69) is 247 Å². The molecule has 390 valence electrons. The predicted octanol–water partition coefficient (Wildman–Crippen LogP) is 23.0. The molecule has 0 saturated heterocycles. The highest BCUT2D eigenvalue weighted by molar-refractivity contribution is 6.22. The van der Waals surface area contributed by atoms with Gasteiger partial charge in [0.2, 0.25) is 0 Å². The van der Waals surface area contributed by atoms with Crippen LogP contribution in [0.1, 0.15) is 101 Å². The number of benzene rings is 11. The number of hydrogen-bond donors (Lipinski definition) is 0. The van der Waals surface area contributed by atoms with Crippen LogP contribution < -0.4 is 9.80 Å². The standard InChI is InChI=1S/C74H60N2O4/c1-41(2)45-17-23-51(24-18-45)75(69-55(43(5)6)29-31-59-57-13-9-11-15-65(57)77-71(59)69)53-27-21-47-37-63-61-33-34-62-64-38-48-22-28-54(36-50(48)40-68(64)80-74(62)73(61)79-67(63)39-49(47)35-53)76(52-25-19-46(20-26-52)42(3)4)70-56(44(7)8)30-32-60-58-14-10-12-16-66(58)78-72(60)70/h9-44H,1-8H3. The van der Waals surface area contributed by atoms with E-state index in [1.54, 1.807) is 0 Å². The first kappa shape index (κ1) is 47.9. The Kier molecular flexibility index (Phi) is 10.9. The molecule has 6 nitrogen and oxygen atoms in total. The largest absolute Gasteiger partial charge is 0.454 e. The van der Waals surface area contributed by atoms with E-state index in [4.69, 9.17) is 17.7 Å². The van der Waals surface area contributed by atoms with E-state index in [0.717, 1.165) is 143 Å². The third-order valence-corrected chi connectivity index (χ3v) is 16.9. The number of rotatable bonds is 10. The SMILES string of the molecule is CC(C)c1ccc(N(c2ccc3cc4c(cc3c2)oc2c4ccc3c4cc5ccc(N(c6ccc(C(C)C)cc6)c6c(C(C)C)ccc7c6oc6ccccc67)cc5cc4oc32)c2c(C(C)C)ccc3c2oc2ccccc23)cc1. The third-order valence-electron chi connectivity index (χ3n) is 16.9. The Morgan fingerprint density at radius 3 is 1.02 bits per heavy atom. The zero-order chi connectivity index (χ0) is 54.2. The summed E-state index contributed by atoms with van der Waals surface area (Å²) in [5.74, 6) is 1.29. The molecule has 6 heteroatoms. The zero-order valence-corrected chi connectivity index (χ0v) is 46.3. The minimum Gasteiger partial charge on any atom is -0.454 e. The van der Waals surface area contributed by atoms with E-state index in [1.807, 2.05) is 12.1 Å². The molecule has 0 bridgehead atoms. The Balaban J connectivity index is 0.871. The summed E-state index contributed by atoms with van der Waals surface area (Å²) in [4.78, 5) is 4.78. The van der Waals surface area contributed by atoms with Crippen LogP contribution in [-0.4, -0.2) is 0 Å². The van der Waals surface area contributed by atoms with Gasteiger partial charge in [-0.15, -0.1) is 0 Å². The highest BCUT2D eigenvalue weighted by Crippen LogP contribution is 2.50. The molecule has 11 aromatic carbocycles. The van der Waals surface area contributed by atoms with Gasteiger partial charge in [0.15, 0.2) is 22.3 Å². The average molecular weight is 1040 g/mol. The molecule has 15 rings (SSSR count). The molecule has 4 aromatic heterocycles. The summed E-state index contributed by atoms with van der Waals surface area (Å²) in [5.41, 5.74) is 18.0. The van der Waals surface area contributed by atoms with Gasteiger partial charge in [0.1, 0.15) is 22.3 Å². The van der Waals surface area contributed by atoms with Gasteiger partial charge in [-0.2, -0.15) is 0 Å². The molecule has 0 unspecified atom stereocenters. The van der Waals surface area contributed by atoms with Gasteiger partial charge in [-0.1, -0.05) is 152 Å². The average Bonchev–Trinajstić information content (AvgIpc) is 4.35. The van der Waals surface area contributed by atoms with Crippen LogP contribution in [0, 0.1) is 0 Å². The number of nitrogens with zero attached hydrogens (tertiary/aromatic N) is 2. The number of anilines is 6. The Morgan fingerprint density at radius 1 is 0.263 bits per heavy atom. The number of para-hydroxylation sites is 2. The first-order chi connectivity index (χ1) is 38.9. The molecule has 0 amide bonds. The predicted molar refractivity (Wildman–Crippen MR) is 336 cm³/mol. The fourth-order valence-electron chi connectivity index (χ4n) is 12.6. The Labute approximate surface area is 464 Å². The summed E-state index contributed by atoms with van der Waals surface area (Å²) in [5, 5.41) is 13.0. The maximum atomic E-state index is 6.97. The minimum absolute atomic E-state index is 0.235. The molecule has 80 heavy (non-hydrogen) atoms. The van der Waals surface area contributed by atoms with Gasteiger partial charge in [0.25, 0.3) is 0 Å². The zero-order valence-electron chi connectivity index (χ0n) is 46.3. The van der Waals surface area contributed by atoms with Crippen LogP contribution in [0.4, 0.5) is 34.1 Å². The Hall–Kier alpha value is -9.26. The van der Waals surface area contributed by atoms with E-state index in [-0.39, 0.29) is 11.8 Å². The topological polar surface area (TPSA) is 59.0 Å². The van der Waals surface area contributed by atoms with Crippen LogP contribution >= 0.6 is 0 Å². The van der Waals surface area contributed by atoms with E-state index < -0.39 is 0 Å². The first-order valence-corrected chi connectivity index (χ1v) is 28.3. The summed E-state index contributed by atoms with van der Waals surface area (Å²) in [6.45, 7) is 18.0. The van der Waals surface area contributed by atoms with E-state index in [9.17, 15) is 0 Å². The molecular formula is C74H60N2O4. The normalized spacial score (nSPS) is 12.4. The van der Waals surface area contributed by atoms with Crippen LogP contribution in [-0.2, 0) is 0 Å². The van der Waals surface area contributed by atoms with E-state index in [1.165, 1.54) is 22.3 Å². The molecule has 0 saturated carbocycles. The summed E-state index contributed by atoms with van der Waals surface area (Å²) in [7, 11) is 0. The van der Waals surface area contributed by atoms with Crippen LogP contribution in [0.25, 0.3) is 109 Å². The second-order valence-electron chi connectivity index (χ2n) is 23.2. The molecule has 0 N–H and O–H groups in total. The summed E-state index contributed by atoms with van der Waals surface area (Å²) >= 11 is 0. The minimum atomic E-state index is 0.235. The van der Waals surface area contributed by atoms with Crippen molar-refractivity contribution in [1.29, 1.82) is 0 Å². The van der Waals surface area contributed by atoms with Crippen LogP contribution in [0.2, 0.25) is 0 Å². The molecule has 4 heterocycles.